The highest BCUT2D eigenvalue weighted by atomic mass is 16.2. The molecule has 142 valence electrons. The number of carbonyl (C=O) groups is 2. The molecule has 0 aliphatic rings. The van der Waals surface area contributed by atoms with Crippen LogP contribution in [0.15, 0.2) is 0 Å². The Bertz CT molecular complexity index is 276. The summed E-state index contributed by atoms with van der Waals surface area (Å²) in [6, 6.07) is 0. The Morgan fingerprint density at radius 2 is 0.917 bits per heavy atom. The van der Waals surface area contributed by atoms with E-state index in [2.05, 4.69) is 24.5 Å². The third-order valence-electron chi connectivity index (χ3n) is 4.26. The Balaban J connectivity index is 3.24. The molecule has 0 aromatic rings. The van der Waals surface area contributed by atoms with Gasteiger partial charge in [-0.2, -0.15) is 0 Å². The highest BCUT2D eigenvalue weighted by molar-refractivity contribution is 5.76. The summed E-state index contributed by atoms with van der Waals surface area (Å²) in [7, 11) is 0. The van der Waals surface area contributed by atoms with E-state index in [9.17, 15) is 9.59 Å². The summed E-state index contributed by atoms with van der Waals surface area (Å²) < 4.78 is 0. The van der Waals surface area contributed by atoms with Gasteiger partial charge in [0.05, 0.1) is 0 Å². The fourth-order valence-corrected chi connectivity index (χ4v) is 2.66. The van der Waals surface area contributed by atoms with Gasteiger partial charge in [-0.15, -0.1) is 0 Å². The molecule has 0 aromatic heterocycles. The van der Waals surface area contributed by atoms with Gasteiger partial charge in [0.15, 0.2) is 0 Å². The molecule has 0 atom stereocenters. The molecule has 0 spiro atoms. The molecule has 0 unspecified atom stereocenters. The summed E-state index contributed by atoms with van der Waals surface area (Å²) in [6.07, 6.45) is 14.8. The molecular weight excluding hydrogens is 300 g/mol. The Hall–Kier alpha value is -1.06. The molecule has 0 fully saturated rings. The average Bonchev–Trinajstić information content (AvgIpc) is 2.58. The summed E-state index contributed by atoms with van der Waals surface area (Å²) in [5.41, 5.74) is 0. The molecular formula is C20H40N2O2. The number of rotatable bonds is 17. The second-order valence-electron chi connectivity index (χ2n) is 6.74. The summed E-state index contributed by atoms with van der Waals surface area (Å²) >= 11 is 0. The fourth-order valence-electron chi connectivity index (χ4n) is 2.66. The molecule has 2 N–H and O–H groups in total. The lowest BCUT2D eigenvalue weighted by Crippen LogP contribution is -2.24. The molecule has 4 nitrogen and oxygen atoms in total. The molecule has 0 rings (SSSR count). The van der Waals surface area contributed by atoms with Crippen LogP contribution in [0.1, 0.15) is 104 Å². The third-order valence-corrected chi connectivity index (χ3v) is 4.26. The zero-order chi connectivity index (χ0) is 17.9. The van der Waals surface area contributed by atoms with Gasteiger partial charge in [-0.3, -0.25) is 9.59 Å². The second kappa shape index (κ2) is 18.3. The Kier molecular flexibility index (Phi) is 17.5. The molecule has 0 aromatic carbocycles. The van der Waals surface area contributed by atoms with E-state index in [0.717, 1.165) is 64.5 Å². The fraction of sp³-hybridized carbons (Fsp3) is 0.900. The van der Waals surface area contributed by atoms with Crippen LogP contribution in [0.3, 0.4) is 0 Å². The molecule has 0 heterocycles. The van der Waals surface area contributed by atoms with Gasteiger partial charge in [-0.25, -0.2) is 0 Å². The van der Waals surface area contributed by atoms with Gasteiger partial charge in [0.25, 0.3) is 0 Å². The van der Waals surface area contributed by atoms with Crippen LogP contribution in [0.25, 0.3) is 0 Å². The Morgan fingerprint density at radius 3 is 1.29 bits per heavy atom. The summed E-state index contributed by atoms with van der Waals surface area (Å²) in [5, 5.41) is 5.99. The predicted molar refractivity (Wildman–Crippen MR) is 102 cm³/mol. The van der Waals surface area contributed by atoms with Crippen molar-refractivity contribution in [3.63, 3.8) is 0 Å². The number of carbonyl (C=O) groups excluding carboxylic acids is 2. The maximum Gasteiger partial charge on any atom is 0.219 e. The van der Waals surface area contributed by atoms with Gasteiger partial charge in [0.2, 0.25) is 11.8 Å². The molecule has 0 aliphatic heterocycles. The van der Waals surface area contributed by atoms with E-state index < -0.39 is 0 Å². The first-order chi connectivity index (χ1) is 11.7. The van der Waals surface area contributed by atoms with Crippen molar-refractivity contribution in [2.45, 2.75) is 104 Å². The highest BCUT2D eigenvalue weighted by Crippen LogP contribution is 2.03. The topological polar surface area (TPSA) is 58.2 Å². The third kappa shape index (κ3) is 17.3. The highest BCUT2D eigenvalue weighted by Gasteiger charge is 2.01. The van der Waals surface area contributed by atoms with Gasteiger partial charge >= 0.3 is 0 Å². The number of nitrogens with one attached hydrogen (secondary N) is 2. The maximum atomic E-state index is 11.6. The summed E-state index contributed by atoms with van der Waals surface area (Å²) in [5.74, 6) is 0.392. The molecule has 0 saturated heterocycles. The molecule has 0 radical (unpaired) electrons. The number of amides is 2. The number of hydrogen-bond donors (Lipinski definition) is 2. The van der Waals surface area contributed by atoms with E-state index in [1.54, 1.807) is 0 Å². The number of unbranched alkanes of at least 4 members (excludes halogenated alkanes) is 9. The summed E-state index contributed by atoms with van der Waals surface area (Å²) in [4.78, 5) is 23.2. The van der Waals surface area contributed by atoms with Crippen LogP contribution in [0.2, 0.25) is 0 Å². The summed E-state index contributed by atoms with van der Waals surface area (Å²) in [6.45, 7) is 5.94. The van der Waals surface area contributed by atoms with E-state index in [1.807, 2.05) is 0 Å². The first-order valence-electron chi connectivity index (χ1n) is 10.2. The van der Waals surface area contributed by atoms with Gasteiger partial charge < -0.3 is 10.6 Å². The SMILES string of the molecule is CCCCCCC(=O)NCCCCCCNC(=O)CCCCCC. The first kappa shape index (κ1) is 22.9. The van der Waals surface area contributed by atoms with Crippen LogP contribution in [0.5, 0.6) is 0 Å². The Labute approximate surface area is 149 Å². The first-order valence-corrected chi connectivity index (χ1v) is 10.2. The lowest BCUT2D eigenvalue weighted by atomic mass is 10.1. The molecule has 0 aliphatic carbocycles. The van der Waals surface area contributed by atoms with Crippen LogP contribution < -0.4 is 10.6 Å². The zero-order valence-corrected chi connectivity index (χ0v) is 16.1. The lowest BCUT2D eigenvalue weighted by molar-refractivity contribution is -0.122. The minimum Gasteiger partial charge on any atom is -0.356 e. The normalized spacial score (nSPS) is 10.6. The standard InChI is InChI=1S/C20H40N2O2/c1-3-5-7-11-15-19(23)21-17-13-9-10-14-18-22-20(24)16-12-8-6-4-2/h3-18H2,1-2H3,(H,21,23)(H,22,24). The van der Waals surface area contributed by atoms with Gasteiger partial charge in [0.1, 0.15) is 0 Å². The monoisotopic (exact) mass is 340 g/mol. The lowest BCUT2D eigenvalue weighted by Gasteiger charge is -2.06. The van der Waals surface area contributed by atoms with Crippen LogP contribution in [0.4, 0.5) is 0 Å². The van der Waals surface area contributed by atoms with Crippen molar-refractivity contribution in [3.05, 3.63) is 0 Å². The average molecular weight is 341 g/mol. The van der Waals surface area contributed by atoms with Crippen molar-refractivity contribution in [3.8, 4) is 0 Å². The smallest absolute Gasteiger partial charge is 0.219 e. The second-order valence-corrected chi connectivity index (χ2v) is 6.74. The van der Waals surface area contributed by atoms with Crippen molar-refractivity contribution in [2.75, 3.05) is 13.1 Å². The Morgan fingerprint density at radius 1 is 0.542 bits per heavy atom. The quantitative estimate of drug-likeness (QED) is 0.376. The van der Waals surface area contributed by atoms with E-state index in [0.29, 0.717) is 12.8 Å². The van der Waals surface area contributed by atoms with Crippen molar-refractivity contribution in [2.24, 2.45) is 0 Å². The molecule has 24 heavy (non-hydrogen) atoms. The van der Waals surface area contributed by atoms with E-state index in [-0.39, 0.29) is 11.8 Å². The molecule has 2 amide bonds. The number of hydrogen-bond acceptors (Lipinski definition) is 2. The van der Waals surface area contributed by atoms with Crippen LogP contribution in [0, 0.1) is 0 Å². The minimum atomic E-state index is 0.196. The van der Waals surface area contributed by atoms with Crippen molar-refractivity contribution >= 4 is 11.8 Å². The van der Waals surface area contributed by atoms with Crippen LogP contribution in [-0.4, -0.2) is 24.9 Å². The predicted octanol–water partition coefficient (Wildman–Crippen LogP) is 4.72. The van der Waals surface area contributed by atoms with Crippen LogP contribution in [-0.2, 0) is 9.59 Å². The molecule has 0 bridgehead atoms. The minimum absolute atomic E-state index is 0.196. The van der Waals surface area contributed by atoms with E-state index >= 15 is 0 Å². The van der Waals surface area contributed by atoms with E-state index in [4.69, 9.17) is 0 Å². The molecule has 0 saturated carbocycles. The zero-order valence-electron chi connectivity index (χ0n) is 16.1. The largest absolute Gasteiger partial charge is 0.356 e. The van der Waals surface area contributed by atoms with Gasteiger partial charge in [-0.05, 0) is 25.7 Å². The molecule has 4 heteroatoms. The maximum absolute atomic E-state index is 11.6. The van der Waals surface area contributed by atoms with Gasteiger partial charge in [0, 0.05) is 25.9 Å². The van der Waals surface area contributed by atoms with E-state index in [1.165, 1.54) is 25.7 Å². The van der Waals surface area contributed by atoms with Gasteiger partial charge in [-0.1, -0.05) is 65.2 Å². The van der Waals surface area contributed by atoms with Crippen molar-refractivity contribution < 1.29 is 9.59 Å². The van der Waals surface area contributed by atoms with Crippen molar-refractivity contribution in [1.29, 1.82) is 0 Å². The van der Waals surface area contributed by atoms with Crippen LogP contribution >= 0.6 is 0 Å². The van der Waals surface area contributed by atoms with Crippen molar-refractivity contribution in [1.82, 2.24) is 10.6 Å².